The van der Waals surface area contributed by atoms with Crippen molar-refractivity contribution < 1.29 is 0 Å². The first kappa shape index (κ1) is 7.86. The van der Waals surface area contributed by atoms with Crippen LogP contribution in [0.1, 0.15) is 0 Å². The summed E-state index contributed by atoms with van der Waals surface area (Å²) < 4.78 is 0. The summed E-state index contributed by atoms with van der Waals surface area (Å²) in [5.41, 5.74) is 7.47. The van der Waals surface area contributed by atoms with Gasteiger partial charge in [-0.05, 0) is 24.3 Å². The zero-order valence-electron chi connectivity index (χ0n) is 7.14. The van der Waals surface area contributed by atoms with Gasteiger partial charge >= 0.3 is 0 Å². The molecule has 1 aliphatic rings. The highest BCUT2D eigenvalue weighted by Gasteiger charge is 2.02. The lowest BCUT2D eigenvalue weighted by Gasteiger charge is -2.19. The summed E-state index contributed by atoms with van der Waals surface area (Å²) in [6, 6.07) is 7.73. The van der Waals surface area contributed by atoms with Crippen molar-refractivity contribution in [2.24, 2.45) is 4.99 Å². The van der Waals surface area contributed by atoms with Crippen LogP contribution in [0.2, 0.25) is 0 Å². The van der Waals surface area contributed by atoms with Crippen molar-refractivity contribution in [2.45, 2.75) is 0 Å². The lowest BCUT2D eigenvalue weighted by Crippen LogP contribution is -2.20. The summed E-state index contributed by atoms with van der Waals surface area (Å²) in [6.45, 7) is 0.789. The summed E-state index contributed by atoms with van der Waals surface area (Å²) in [5.74, 6) is 0. The molecule has 65 valence electrons. The van der Waals surface area contributed by atoms with Gasteiger partial charge < -0.3 is 10.6 Å². The van der Waals surface area contributed by atoms with Crippen LogP contribution in [0.4, 0.5) is 11.4 Å². The van der Waals surface area contributed by atoms with Gasteiger partial charge in [-0.1, -0.05) is 0 Å². The Morgan fingerprint density at radius 1 is 1.31 bits per heavy atom. The molecular formula is C10H10N3. The number of hydrogen-bond acceptors (Lipinski definition) is 3. The van der Waals surface area contributed by atoms with Crippen LogP contribution in [-0.2, 0) is 0 Å². The van der Waals surface area contributed by atoms with Crippen molar-refractivity contribution in [1.82, 2.24) is 0 Å². The molecule has 0 aliphatic carbocycles. The van der Waals surface area contributed by atoms with E-state index in [4.69, 9.17) is 5.73 Å². The Kier molecular flexibility index (Phi) is 2.00. The third-order valence-corrected chi connectivity index (χ3v) is 1.88. The van der Waals surface area contributed by atoms with E-state index in [0.717, 1.165) is 17.9 Å². The quantitative estimate of drug-likeness (QED) is 0.651. The average molecular weight is 172 g/mol. The Balaban J connectivity index is 2.21. The molecule has 3 nitrogen and oxygen atoms in total. The van der Waals surface area contributed by atoms with Crippen LogP contribution >= 0.6 is 0 Å². The van der Waals surface area contributed by atoms with Gasteiger partial charge in [0.15, 0.2) is 0 Å². The second kappa shape index (κ2) is 3.31. The second-order valence-corrected chi connectivity index (χ2v) is 2.81. The van der Waals surface area contributed by atoms with Crippen molar-refractivity contribution in [3.05, 3.63) is 36.7 Å². The fourth-order valence-electron chi connectivity index (χ4n) is 1.18. The van der Waals surface area contributed by atoms with Gasteiger partial charge in [-0.3, -0.25) is 4.99 Å². The standard InChI is InChI=1S/C10H10N3/c11-9-1-3-10(4-2-9)13-7-5-12-6-8-13/h1-5,8H,7,11H2. The van der Waals surface area contributed by atoms with Crippen molar-refractivity contribution in [3.63, 3.8) is 0 Å². The molecule has 0 bridgehead atoms. The van der Waals surface area contributed by atoms with Gasteiger partial charge in [0.1, 0.15) is 6.20 Å². The minimum absolute atomic E-state index is 0.780. The van der Waals surface area contributed by atoms with Gasteiger partial charge in [0, 0.05) is 23.8 Å². The fourth-order valence-corrected chi connectivity index (χ4v) is 1.18. The van der Waals surface area contributed by atoms with Gasteiger partial charge in [-0.25, -0.2) is 0 Å². The molecule has 0 spiro atoms. The van der Waals surface area contributed by atoms with E-state index >= 15 is 0 Å². The van der Waals surface area contributed by atoms with Gasteiger partial charge in [-0.15, -0.1) is 0 Å². The maximum atomic E-state index is 5.59. The third-order valence-electron chi connectivity index (χ3n) is 1.88. The topological polar surface area (TPSA) is 41.6 Å². The molecule has 1 aromatic rings. The second-order valence-electron chi connectivity index (χ2n) is 2.81. The lowest BCUT2D eigenvalue weighted by molar-refractivity contribution is 1.09. The summed E-state index contributed by atoms with van der Waals surface area (Å²) >= 11 is 0. The van der Waals surface area contributed by atoms with E-state index in [0.29, 0.717) is 0 Å². The van der Waals surface area contributed by atoms with Crippen LogP contribution in [0, 0.1) is 6.20 Å². The van der Waals surface area contributed by atoms with Crippen molar-refractivity contribution in [2.75, 3.05) is 17.2 Å². The molecule has 2 N–H and O–H groups in total. The fraction of sp³-hybridized carbons (Fsp3) is 0.100. The average Bonchev–Trinajstić information content (AvgIpc) is 2.20. The molecule has 0 amide bonds. The predicted molar refractivity (Wildman–Crippen MR) is 54.5 cm³/mol. The number of anilines is 2. The lowest BCUT2D eigenvalue weighted by atomic mass is 10.2. The van der Waals surface area contributed by atoms with E-state index in [-0.39, 0.29) is 0 Å². The Morgan fingerprint density at radius 2 is 2.08 bits per heavy atom. The smallest absolute Gasteiger partial charge is 0.106 e. The molecule has 1 aliphatic heterocycles. The van der Waals surface area contributed by atoms with E-state index in [1.165, 1.54) is 0 Å². The monoisotopic (exact) mass is 172 g/mol. The van der Waals surface area contributed by atoms with Crippen molar-refractivity contribution in [3.8, 4) is 0 Å². The number of nitrogen functional groups attached to an aromatic ring is 1. The predicted octanol–water partition coefficient (Wildman–Crippen LogP) is 1.43. The maximum absolute atomic E-state index is 5.59. The summed E-state index contributed by atoms with van der Waals surface area (Å²) in [7, 11) is 0. The number of nitrogens with two attached hydrogens (primary N) is 1. The molecule has 1 radical (unpaired) electrons. The van der Waals surface area contributed by atoms with Crippen LogP contribution < -0.4 is 10.6 Å². The number of aliphatic imine (C=N–C) groups is 1. The molecule has 0 aromatic heterocycles. The minimum Gasteiger partial charge on any atom is -0.399 e. The Morgan fingerprint density at radius 3 is 2.69 bits per heavy atom. The molecule has 0 atom stereocenters. The summed E-state index contributed by atoms with van der Waals surface area (Å²) in [4.78, 5) is 5.92. The molecule has 0 saturated heterocycles. The van der Waals surface area contributed by atoms with Crippen molar-refractivity contribution in [1.29, 1.82) is 0 Å². The van der Waals surface area contributed by atoms with Crippen LogP contribution in [0.3, 0.4) is 0 Å². The van der Waals surface area contributed by atoms with Crippen LogP contribution in [0.5, 0.6) is 0 Å². The van der Waals surface area contributed by atoms with Gasteiger partial charge in [0.25, 0.3) is 0 Å². The Hall–Kier alpha value is -1.77. The molecule has 0 saturated carbocycles. The minimum atomic E-state index is 0.780. The van der Waals surface area contributed by atoms with E-state index < -0.39 is 0 Å². The maximum Gasteiger partial charge on any atom is 0.106 e. The van der Waals surface area contributed by atoms with Crippen molar-refractivity contribution >= 4 is 17.6 Å². The molecule has 13 heavy (non-hydrogen) atoms. The SMILES string of the molecule is Nc1ccc(N2C=[C]N=CC2)cc1. The highest BCUT2D eigenvalue weighted by atomic mass is 15.1. The first-order valence-electron chi connectivity index (χ1n) is 4.09. The zero-order valence-corrected chi connectivity index (χ0v) is 7.14. The van der Waals surface area contributed by atoms with E-state index in [1.807, 2.05) is 41.6 Å². The molecular weight excluding hydrogens is 162 g/mol. The van der Waals surface area contributed by atoms with Gasteiger partial charge in [-0.2, -0.15) is 0 Å². The molecule has 2 rings (SSSR count). The van der Waals surface area contributed by atoms with Crippen LogP contribution in [0.25, 0.3) is 0 Å². The van der Waals surface area contributed by atoms with E-state index in [9.17, 15) is 0 Å². The summed E-state index contributed by atoms with van der Waals surface area (Å²) in [5, 5.41) is 0. The van der Waals surface area contributed by atoms with Crippen LogP contribution in [0.15, 0.2) is 35.5 Å². The number of nitrogens with zero attached hydrogens (tertiary/aromatic N) is 2. The normalized spacial score (nSPS) is 14.9. The van der Waals surface area contributed by atoms with E-state index in [1.54, 1.807) is 0 Å². The molecule has 0 unspecified atom stereocenters. The zero-order chi connectivity index (χ0) is 9.10. The van der Waals surface area contributed by atoms with E-state index in [2.05, 4.69) is 11.2 Å². The number of hydrogen-bond donors (Lipinski definition) is 1. The molecule has 0 fully saturated rings. The van der Waals surface area contributed by atoms with Crippen LogP contribution in [-0.4, -0.2) is 12.8 Å². The third kappa shape index (κ3) is 1.69. The number of rotatable bonds is 1. The molecule has 1 aromatic carbocycles. The highest BCUT2D eigenvalue weighted by molar-refractivity contribution is 5.69. The molecule has 3 heteroatoms. The Bertz CT molecular complexity index is 338. The Labute approximate surface area is 77.2 Å². The molecule has 1 heterocycles. The first-order valence-corrected chi connectivity index (χ1v) is 4.09. The number of benzene rings is 1. The van der Waals surface area contributed by atoms with Gasteiger partial charge in [0.2, 0.25) is 0 Å². The highest BCUT2D eigenvalue weighted by Crippen LogP contribution is 2.16. The first-order chi connectivity index (χ1) is 6.36. The largest absolute Gasteiger partial charge is 0.399 e. The van der Waals surface area contributed by atoms with Gasteiger partial charge in [0.05, 0.1) is 6.54 Å². The summed E-state index contributed by atoms with van der Waals surface area (Å²) in [6.07, 6.45) is 6.43.